The van der Waals surface area contributed by atoms with Crippen LogP contribution in [0.3, 0.4) is 0 Å². The molecule has 26 heavy (non-hydrogen) atoms. The number of benzene rings is 2. The van der Waals surface area contributed by atoms with Crippen LogP contribution in [0.4, 0.5) is 5.69 Å². The molecule has 0 atom stereocenters. The van der Waals surface area contributed by atoms with Crippen LogP contribution in [0.2, 0.25) is 0 Å². The summed E-state index contributed by atoms with van der Waals surface area (Å²) >= 11 is 1.24. The van der Waals surface area contributed by atoms with E-state index in [2.05, 4.69) is 4.99 Å². The molecule has 1 amide bonds. The summed E-state index contributed by atoms with van der Waals surface area (Å²) in [7, 11) is 0. The van der Waals surface area contributed by atoms with Gasteiger partial charge in [0.25, 0.3) is 5.69 Å². The smallest absolute Gasteiger partial charge is 0.315 e. The number of aryl methyl sites for hydroxylation is 1. The lowest BCUT2D eigenvalue weighted by atomic mass is 10.2. The zero-order valence-corrected chi connectivity index (χ0v) is 14.5. The second-order valence-corrected chi connectivity index (χ2v) is 6.61. The lowest BCUT2D eigenvalue weighted by Crippen LogP contribution is -2.15. The lowest BCUT2D eigenvalue weighted by Gasteiger charge is -1.99. The number of nitro groups is 1. The molecule has 2 aromatic carbocycles. The van der Waals surface area contributed by atoms with E-state index in [9.17, 15) is 14.9 Å². The number of furan rings is 1. The average Bonchev–Trinajstić information content (AvgIpc) is 3.21. The molecule has 0 bridgehead atoms. The maximum Gasteiger partial charge on any atom is 0.315 e. The molecule has 8 heteroatoms. The van der Waals surface area contributed by atoms with Crippen LogP contribution in [0.25, 0.3) is 21.2 Å². The number of hydrogen-bond donors (Lipinski definition) is 0. The number of carbonyl (C=O) groups is 1. The highest BCUT2D eigenvalue weighted by atomic mass is 32.1. The normalized spacial score (nSPS) is 12.1. The van der Waals surface area contributed by atoms with Gasteiger partial charge in [0.05, 0.1) is 15.1 Å². The number of carbonyl (C=O) groups excluding carboxylic acids is 1. The van der Waals surface area contributed by atoms with E-state index in [1.165, 1.54) is 23.5 Å². The maximum atomic E-state index is 12.5. The summed E-state index contributed by atoms with van der Waals surface area (Å²) in [6.45, 7) is 2.52. The van der Waals surface area contributed by atoms with E-state index in [4.69, 9.17) is 4.42 Å². The number of hydrogen-bond acceptors (Lipinski definition) is 5. The van der Waals surface area contributed by atoms with Crippen molar-refractivity contribution in [2.45, 2.75) is 13.5 Å². The molecule has 0 saturated heterocycles. The minimum atomic E-state index is -0.482. The molecule has 4 aromatic rings. The third-order valence-corrected chi connectivity index (χ3v) is 5.07. The quantitative estimate of drug-likeness (QED) is 0.402. The predicted molar refractivity (Wildman–Crippen MR) is 98.3 cm³/mol. The standard InChI is InChI=1S/C18H13N3O4S/c1-2-20-13-8-7-12(21(23)24)10-16(13)26-18(20)19-17(22)15-9-11-5-3-4-6-14(11)25-15/h3-10H,2H2,1H3. The Balaban J connectivity index is 1.83. The molecule has 2 heterocycles. The lowest BCUT2D eigenvalue weighted by molar-refractivity contribution is -0.384. The number of aromatic nitrogens is 1. The third kappa shape index (κ3) is 2.70. The van der Waals surface area contributed by atoms with E-state index in [1.807, 2.05) is 29.7 Å². The van der Waals surface area contributed by atoms with Crippen molar-refractivity contribution in [1.29, 1.82) is 0 Å². The zero-order valence-electron chi connectivity index (χ0n) is 13.7. The maximum absolute atomic E-state index is 12.5. The Hall–Kier alpha value is -3.26. The fraction of sp³-hybridized carbons (Fsp3) is 0.111. The highest BCUT2D eigenvalue weighted by Crippen LogP contribution is 2.24. The number of nitro benzene ring substituents is 1. The number of non-ortho nitro benzene ring substituents is 1. The van der Waals surface area contributed by atoms with Gasteiger partial charge in [-0.1, -0.05) is 29.5 Å². The van der Waals surface area contributed by atoms with Gasteiger partial charge in [-0.15, -0.1) is 0 Å². The van der Waals surface area contributed by atoms with Crippen molar-refractivity contribution >= 4 is 44.1 Å². The van der Waals surface area contributed by atoms with Crippen molar-refractivity contribution in [3.05, 3.63) is 69.2 Å². The fourth-order valence-corrected chi connectivity index (χ4v) is 3.92. The van der Waals surface area contributed by atoms with Gasteiger partial charge in [-0.2, -0.15) is 4.99 Å². The Morgan fingerprint density at radius 2 is 2.08 bits per heavy atom. The second-order valence-electron chi connectivity index (χ2n) is 5.60. The average molecular weight is 367 g/mol. The van der Waals surface area contributed by atoms with Crippen LogP contribution >= 0.6 is 11.3 Å². The second kappa shape index (κ2) is 6.23. The van der Waals surface area contributed by atoms with E-state index in [1.54, 1.807) is 18.2 Å². The molecule has 0 aliphatic heterocycles. The summed E-state index contributed by atoms with van der Waals surface area (Å²) in [6.07, 6.45) is 0. The molecule has 130 valence electrons. The molecule has 0 aliphatic rings. The summed E-state index contributed by atoms with van der Waals surface area (Å²) in [4.78, 5) is 27.7. The predicted octanol–water partition coefficient (Wildman–Crippen LogP) is 4.12. The first-order valence-electron chi connectivity index (χ1n) is 7.92. The van der Waals surface area contributed by atoms with Crippen LogP contribution in [-0.4, -0.2) is 15.4 Å². The molecule has 0 radical (unpaired) electrons. The van der Waals surface area contributed by atoms with Gasteiger partial charge in [0.1, 0.15) is 5.58 Å². The van der Waals surface area contributed by atoms with E-state index < -0.39 is 10.8 Å². The SMILES string of the molecule is CCn1c(=NC(=O)c2cc3ccccc3o2)sc2cc([N+](=O)[O-])ccc21. The van der Waals surface area contributed by atoms with Gasteiger partial charge in [-0.05, 0) is 25.1 Å². The minimum absolute atomic E-state index is 0.0113. The summed E-state index contributed by atoms with van der Waals surface area (Å²) in [5, 5.41) is 11.8. The van der Waals surface area contributed by atoms with Crippen molar-refractivity contribution in [3.8, 4) is 0 Å². The zero-order chi connectivity index (χ0) is 18.3. The van der Waals surface area contributed by atoms with Crippen molar-refractivity contribution < 1.29 is 14.1 Å². The largest absolute Gasteiger partial charge is 0.451 e. The number of rotatable bonds is 3. The van der Waals surface area contributed by atoms with Crippen LogP contribution < -0.4 is 4.80 Å². The van der Waals surface area contributed by atoms with Crippen molar-refractivity contribution in [2.24, 2.45) is 4.99 Å². The van der Waals surface area contributed by atoms with E-state index in [0.29, 0.717) is 21.6 Å². The Labute approximate surface area is 151 Å². The first-order chi connectivity index (χ1) is 12.6. The first-order valence-corrected chi connectivity index (χ1v) is 8.74. The van der Waals surface area contributed by atoms with Gasteiger partial charge >= 0.3 is 5.91 Å². The highest BCUT2D eigenvalue weighted by molar-refractivity contribution is 7.16. The van der Waals surface area contributed by atoms with Gasteiger partial charge in [0.15, 0.2) is 10.6 Å². The topological polar surface area (TPSA) is 90.6 Å². The summed E-state index contributed by atoms with van der Waals surface area (Å²) < 4.78 is 8.12. The van der Waals surface area contributed by atoms with Gasteiger partial charge in [0, 0.05) is 24.1 Å². The Morgan fingerprint density at radius 1 is 1.27 bits per heavy atom. The molecule has 0 N–H and O–H groups in total. The van der Waals surface area contributed by atoms with Crippen molar-refractivity contribution in [1.82, 2.24) is 4.57 Å². The Bertz CT molecular complexity index is 1200. The van der Waals surface area contributed by atoms with Crippen LogP contribution in [-0.2, 0) is 6.54 Å². The van der Waals surface area contributed by atoms with E-state index >= 15 is 0 Å². The molecule has 0 unspecified atom stereocenters. The molecule has 4 rings (SSSR count). The van der Waals surface area contributed by atoms with Crippen molar-refractivity contribution in [2.75, 3.05) is 0 Å². The number of fused-ring (bicyclic) bond motifs is 2. The minimum Gasteiger partial charge on any atom is -0.451 e. The first kappa shape index (κ1) is 16.2. The Kier molecular flexibility index (Phi) is 3.89. The highest BCUT2D eigenvalue weighted by Gasteiger charge is 2.14. The third-order valence-electron chi connectivity index (χ3n) is 4.03. The summed E-state index contributed by atoms with van der Waals surface area (Å²) in [5.41, 5.74) is 1.44. The number of amides is 1. The number of para-hydroxylation sites is 1. The molecular formula is C18H13N3O4S. The molecule has 0 fully saturated rings. The van der Waals surface area contributed by atoms with Gasteiger partial charge in [0.2, 0.25) is 0 Å². The van der Waals surface area contributed by atoms with Crippen LogP contribution in [0, 0.1) is 10.1 Å². The molecule has 0 saturated carbocycles. The summed E-state index contributed by atoms with van der Waals surface area (Å²) in [6, 6.07) is 13.6. The van der Waals surface area contributed by atoms with Crippen LogP contribution in [0.15, 0.2) is 57.9 Å². The van der Waals surface area contributed by atoms with Gasteiger partial charge in [-0.25, -0.2) is 0 Å². The van der Waals surface area contributed by atoms with Gasteiger partial charge < -0.3 is 8.98 Å². The Morgan fingerprint density at radius 3 is 2.81 bits per heavy atom. The fourth-order valence-electron chi connectivity index (χ4n) is 2.80. The molecule has 7 nitrogen and oxygen atoms in total. The van der Waals surface area contributed by atoms with Crippen molar-refractivity contribution in [3.63, 3.8) is 0 Å². The van der Waals surface area contributed by atoms with E-state index in [-0.39, 0.29) is 11.4 Å². The van der Waals surface area contributed by atoms with E-state index in [0.717, 1.165) is 10.9 Å². The summed E-state index contributed by atoms with van der Waals surface area (Å²) in [5.74, 6) is -0.318. The molecular weight excluding hydrogens is 354 g/mol. The molecule has 0 aliphatic carbocycles. The van der Waals surface area contributed by atoms with Crippen LogP contribution in [0.1, 0.15) is 17.5 Å². The monoisotopic (exact) mass is 367 g/mol. The number of nitrogens with zero attached hydrogens (tertiary/aromatic N) is 3. The van der Waals surface area contributed by atoms with Gasteiger partial charge in [-0.3, -0.25) is 14.9 Å². The number of thiazole rings is 1. The van der Waals surface area contributed by atoms with Crippen LogP contribution in [0.5, 0.6) is 0 Å². The molecule has 2 aromatic heterocycles. The molecule has 0 spiro atoms.